The predicted octanol–water partition coefficient (Wildman–Crippen LogP) is 0.600. The van der Waals surface area contributed by atoms with Crippen molar-refractivity contribution in [1.82, 2.24) is 20.5 Å². The molecule has 148 valence electrons. The number of thiazole rings is 1. The molecule has 1 aromatic heterocycles. The second kappa shape index (κ2) is 9.00. The van der Waals surface area contributed by atoms with E-state index in [9.17, 15) is 21.6 Å². The number of aliphatic imine (C=N–C) groups is 1. The fourth-order valence-corrected chi connectivity index (χ4v) is 4.45. The highest BCUT2D eigenvalue weighted by atomic mass is 32.2. The van der Waals surface area contributed by atoms with Crippen LogP contribution < -0.4 is 10.6 Å². The molecule has 0 unspecified atom stereocenters. The van der Waals surface area contributed by atoms with Gasteiger partial charge in [-0.05, 0) is 0 Å². The van der Waals surface area contributed by atoms with E-state index in [0.717, 1.165) is 16.7 Å². The van der Waals surface area contributed by atoms with Crippen molar-refractivity contribution in [2.45, 2.75) is 12.6 Å². The first-order valence-electron chi connectivity index (χ1n) is 8.08. The Morgan fingerprint density at radius 2 is 1.96 bits per heavy atom. The van der Waals surface area contributed by atoms with Crippen LogP contribution in [0.25, 0.3) is 0 Å². The lowest BCUT2D eigenvalue weighted by Gasteiger charge is -2.26. The number of guanidine groups is 1. The standard InChI is InChI=1S/C14H22F3N5O2S2/c1-18-13(20-4-5-22-6-8-26(23,24)9-7-22)19-3-2-12-21-11(10-25-12)14(15,16)17/h10H,2-9H2,1H3,(H2,18,19,20). The van der Waals surface area contributed by atoms with Crippen molar-refractivity contribution >= 4 is 27.1 Å². The number of halogens is 3. The van der Waals surface area contributed by atoms with Crippen LogP contribution >= 0.6 is 11.3 Å². The topological polar surface area (TPSA) is 86.7 Å². The second-order valence-electron chi connectivity index (χ2n) is 5.79. The molecule has 26 heavy (non-hydrogen) atoms. The van der Waals surface area contributed by atoms with Gasteiger partial charge < -0.3 is 10.6 Å². The summed E-state index contributed by atoms with van der Waals surface area (Å²) in [6, 6.07) is 0. The summed E-state index contributed by atoms with van der Waals surface area (Å²) in [5.41, 5.74) is -0.858. The highest BCUT2D eigenvalue weighted by molar-refractivity contribution is 7.91. The molecule has 0 spiro atoms. The molecule has 2 rings (SSSR count). The summed E-state index contributed by atoms with van der Waals surface area (Å²) in [6.45, 7) is 2.75. The summed E-state index contributed by atoms with van der Waals surface area (Å²) in [5.74, 6) is 0.920. The second-order valence-corrected chi connectivity index (χ2v) is 9.04. The molecule has 1 aliphatic rings. The monoisotopic (exact) mass is 413 g/mol. The summed E-state index contributed by atoms with van der Waals surface area (Å²) in [6.07, 6.45) is -4.04. The van der Waals surface area contributed by atoms with Crippen molar-refractivity contribution in [3.05, 3.63) is 16.1 Å². The number of hydrogen-bond donors (Lipinski definition) is 2. The molecule has 12 heteroatoms. The van der Waals surface area contributed by atoms with Crippen LogP contribution in [0.1, 0.15) is 10.7 Å². The third kappa shape index (κ3) is 6.72. The average molecular weight is 413 g/mol. The quantitative estimate of drug-likeness (QED) is 0.525. The molecule has 1 saturated heterocycles. The minimum atomic E-state index is -4.41. The Labute approximate surface area is 154 Å². The Kier molecular flexibility index (Phi) is 7.24. The molecule has 7 nitrogen and oxygen atoms in total. The van der Waals surface area contributed by atoms with Gasteiger partial charge in [0, 0.05) is 51.6 Å². The van der Waals surface area contributed by atoms with Gasteiger partial charge in [0.2, 0.25) is 0 Å². The Bertz CT molecular complexity index is 704. The summed E-state index contributed by atoms with van der Waals surface area (Å²) in [5, 5.41) is 7.56. The van der Waals surface area contributed by atoms with Crippen molar-refractivity contribution < 1.29 is 21.6 Å². The number of nitrogens with one attached hydrogen (secondary N) is 2. The van der Waals surface area contributed by atoms with E-state index in [1.54, 1.807) is 7.05 Å². The number of hydrogen-bond acceptors (Lipinski definition) is 6. The molecule has 0 radical (unpaired) electrons. The van der Waals surface area contributed by atoms with Gasteiger partial charge in [-0.25, -0.2) is 13.4 Å². The summed E-state index contributed by atoms with van der Waals surface area (Å²) in [4.78, 5) is 9.69. The minimum absolute atomic E-state index is 0.188. The van der Waals surface area contributed by atoms with Gasteiger partial charge in [0.05, 0.1) is 16.5 Å². The Morgan fingerprint density at radius 1 is 1.31 bits per heavy atom. The van der Waals surface area contributed by atoms with Gasteiger partial charge in [-0.2, -0.15) is 13.2 Å². The largest absolute Gasteiger partial charge is 0.434 e. The molecule has 1 aromatic rings. The maximum atomic E-state index is 12.5. The normalized spacial score (nSPS) is 18.7. The molecular formula is C14H22F3N5O2S2. The van der Waals surface area contributed by atoms with E-state index in [1.807, 2.05) is 0 Å². The van der Waals surface area contributed by atoms with Gasteiger partial charge in [-0.1, -0.05) is 0 Å². The molecule has 0 atom stereocenters. The van der Waals surface area contributed by atoms with E-state index in [2.05, 4.69) is 25.5 Å². The van der Waals surface area contributed by atoms with E-state index in [1.165, 1.54) is 0 Å². The number of alkyl halides is 3. The molecule has 0 aromatic carbocycles. The summed E-state index contributed by atoms with van der Waals surface area (Å²) in [7, 11) is -1.28. The summed E-state index contributed by atoms with van der Waals surface area (Å²) >= 11 is 0.985. The third-order valence-electron chi connectivity index (χ3n) is 3.85. The fourth-order valence-electron chi connectivity index (χ4n) is 2.37. The van der Waals surface area contributed by atoms with Gasteiger partial charge >= 0.3 is 6.18 Å². The first-order chi connectivity index (χ1) is 12.2. The van der Waals surface area contributed by atoms with Crippen molar-refractivity contribution in [1.29, 1.82) is 0 Å². The van der Waals surface area contributed by atoms with Crippen LogP contribution in [0.2, 0.25) is 0 Å². The summed E-state index contributed by atoms with van der Waals surface area (Å²) < 4.78 is 60.3. The van der Waals surface area contributed by atoms with E-state index >= 15 is 0 Å². The van der Waals surface area contributed by atoms with Crippen LogP contribution in [0.4, 0.5) is 13.2 Å². The first-order valence-corrected chi connectivity index (χ1v) is 10.8. The van der Waals surface area contributed by atoms with Crippen LogP contribution in [0.5, 0.6) is 0 Å². The molecule has 0 aliphatic carbocycles. The highest BCUT2D eigenvalue weighted by Gasteiger charge is 2.33. The fraction of sp³-hybridized carbons (Fsp3) is 0.714. The molecule has 0 saturated carbocycles. The number of sulfone groups is 1. The molecular weight excluding hydrogens is 391 g/mol. The van der Waals surface area contributed by atoms with Gasteiger partial charge in [0.15, 0.2) is 21.5 Å². The van der Waals surface area contributed by atoms with Crippen molar-refractivity contribution in [3.8, 4) is 0 Å². The maximum Gasteiger partial charge on any atom is 0.434 e. The molecule has 2 heterocycles. The van der Waals surface area contributed by atoms with Crippen LogP contribution in [0, 0.1) is 0 Å². The lowest BCUT2D eigenvalue weighted by molar-refractivity contribution is -0.140. The lowest BCUT2D eigenvalue weighted by Crippen LogP contribution is -2.46. The van der Waals surface area contributed by atoms with Crippen LogP contribution in [-0.2, 0) is 22.4 Å². The van der Waals surface area contributed by atoms with Gasteiger partial charge in [0.25, 0.3) is 0 Å². The van der Waals surface area contributed by atoms with Crippen molar-refractivity contribution in [2.75, 3.05) is 51.3 Å². The number of aromatic nitrogens is 1. The van der Waals surface area contributed by atoms with Gasteiger partial charge in [-0.15, -0.1) is 11.3 Å². The molecule has 0 bridgehead atoms. The SMILES string of the molecule is CN=C(NCCc1nc(C(F)(F)F)cs1)NCCN1CCS(=O)(=O)CC1. The number of nitrogens with zero attached hydrogens (tertiary/aromatic N) is 3. The molecule has 1 aliphatic heterocycles. The van der Waals surface area contributed by atoms with Gasteiger partial charge in [-0.3, -0.25) is 9.89 Å². The first kappa shape index (κ1) is 20.9. The molecule has 1 fully saturated rings. The average Bonchev–Trinajstić information content (AvgIpc) is 3.04. The van der Waals surface area contributed by atoms with Crippen molar-refractivity contribution in [3.63, 3.8) is 0 Å². The zero-order valence-electron chi connectivity index (χ0n) is 14.3. The minimum Gasteiger partial charge on any atom is -0.356 e. The van der Waals surface area contributed by atoms with E-state index in [-0.39, 0.29) is 11.5 Å². The smallest absolute Gasteiger partial charge is 0.356 e. The van der Waals surface area contributed by atoms with Crippen LogP contribution in [-0.4, -0.2) is 75.5 Å². The van der Waals surface area contributed by atoms with Gasteiger partial charge in [0.1, 0.15) is 0 Å². The molecule has 0 amide bonds. The zero-order chi connectivity index (χ0) is 19.2. The Morgan fingerprint density at radius 3 is 2.54 bits per heavy atom. The number of rotatable bonds is 6. The van der Waals surface area contributed by atoms with Crippen LogP contribution in [0.15, 0.2) is 10.4 Å². The van der Waals surface area contributed by atoms with E-state index in [0.29, 0.717) is 50.1 Å². The highest BCUT2D eigenvalue weighted by Crippen LogP contribution is 2.29. The predicted molar refractivity (Wildman–Crippen MR) is 95.3 cm³/mol. The van der Waals surface area contributed by atoms with Crippen LogP contribution in [0.3, 0.4) is 0 Å². The third-order valence-corrected chi connectivity index (χ3v) is 6.37. The van der Waals surface area contributed by atoms with Crippen molar-refractivity contribution in [2.24, 2.45) is 4.99 Å². The van der Waals surface area contributed by atoms with E-state index in [4.69, 9.17) is 0 Å². The Balaban J connectivity index is 1.66. The zero-order valence-corrected chi connectivity index (χ0v) is 16.0. The molecule has 2 N–H and O–H groups in total. The Hall–Kier alpha value is -1.40. The maximum absolute atomic E-state index is 12.5. The lowest BCUT2D eigenvalue weighted by atomic mass is 10.4. The van der Waals surface area contributed by atoms with E-state index < -0.39 is 21.7 Å².